The Balaban J connectivity index is 0. The molecule has 0 aromatic heterocycles. The van der Waals surface area contributed by atoms with Gasteiger partial charge >= 0.3 is 0 Å². The van der Waals surface area contributed by atoms with Crippen molar-refractivity contribution in [2.45, 2.75) is 13.0 Å². The highest BCUT2D eigenvalue weighted by Gasteiger charge is 1.90. The molecule has 0 aromatic rings. The van der Waals surface area contributed by atoms with Crippen molar-refractivity contribution in [1.82, 2.24) is 0 Å². The second-order valence-electron chi connectivity index (χ2n) is 1.85. The Bertz CT molecular complexity index is 76.5. The third kappa shape index (κ3) is 9.33. The Morgan fingerprint density at radius 2 is 1.88 bits per heavy atom. The normalized spacial score (nSPS) is 11.5. The molecule has 0 saturated carbocycles. The van der Waals surface area contributed by atoms with Crippen LogP contribution in [-0.2, 0) is 0 Å². The quantitative estimate of drug-likeness (QED) is 0.297. The maximum absolute atomic E-state index is 8.63. The Morgan fingerprint density at radius 1 is 1.50 bits per heavy atom. The van der Waals surface area contributed by atoms with E-state index in [0.29, 0.717) is 0 Å². The van der Waals surface area contributed by atoms with Crippen LogP contribution in [0.25, 0.3) is 0 Å². The molecule has 0 heterocycles. The molecule has 0 aromatic carbocycles. The fourth-order valence-corrected chi connectivity index (χ4v) is 0.431. The molecule has 1 atom stereocenters. The van der Waals surface area contributed by atoms with E-state index in [9.17, 15) is 0 Å². The van der Waals surface area contributed by atoms with Crippen LogP contribution >= 0.6 is 0 Å². The molecule has 0 amide bonds. The lowest BCUT2D eigenvalue weighted by Crippen LogP contribution is -3.00. The number of aliphatic hydroxyl groups excluding tert-OH is 1. The number of hydrogen-bond donors (Lipinski definition) is 1. The van der Waals surface area contributed by atoms with Crippen LogP contribution < -0.4 is 12.4 Å². The first-order valence-electron chi connectivity index (χ1n) is 2.32. The van der Waals surface area contributed by atoms with Crippen molar-refractivity contribution in [3.05, 3.63) is 0 Å². The zero-order valence-corrected chi connectivity index (χ0v) is 6.18. The van der Waals surface area contributed by atoms with E-state index in [0.717, 1.165) is 0 Å². The van der Waals surface area contributed by atoms with E-state index >= 15 is 0 Å². The molecule has 2 nitrogen and oxygen atoms in total. The molecule has 0 radical (unpaired) electrons. The Labute approximate surface area is 56.3 Å². The van der Waals surface area contributed by atoms with Gasteiger partial charge in [0, 0.05) is 0 Å². The first-order chi connectivity index (χ1) is 3.13. The van der Waals surface area contributed by atoms with Crippen molar-refractivity contribution in [3.63, 3.8) is 0 Å². The molecule has 1 unspecified atom stereocenters. The fraction of sp³-hybridized carbons (Fsp3) is 0.800. The maximum atomic E-state index is 8.63. The summed E-state index contributed by atoms with van der Waals surface area (Å²) >= 11 is 0. The van der Waals surface area contributed by atoms with Crippen molar-refractivity contribution in [3.8, 4) is 0 Å². The molecule has 50 valence electrons. The lowest BCUT2D eigenvalue weighted by molar-refractivity contribution is -0.462. The fourth-order valence-electron chi connectivity index (χ4n) is 0.431. The van der Waals surface area contributed by atoms with E-state index in [1.807, 2.05) is 18.7 Å². The van der Waals surface area contributed by atoms with Gasteiger partial charge in [0.05, 0.1) is 0 Å². The van der Waals surface area contributed by atoms with E-state index < -0.39 is 0 Å². The Hall–Kier alpha value is -0.0800. The van der Waals surface area contributed by atoms with Crippen LogP contribution in [0.15, 0.2) is 0 Å². The van der Waals surface area contributed by atoms with E-state index in [2.05, 4.69) is 0 Å². The lowest BCUT2D eigenvalue weighted by atomic mass is 10.4. The predicted octanol–water partition coefficient (Wildman–Crippen LogP) is -3.29. The number of rotatable bonds is 1. The van der Waals surface area contributed by atoms with Gasteiger partial charge in [0.1, 0.15) is 20.2 Å². The molecule has 3 heteroatoms. The predicted molar refractivity (Wildman–Crippen MR) is 29.9 cm³/mol. The van der Waals surface area contributed by atoms with Crippen LogP contribution in [0.2, 0.25) is 0 Å². The van der Waals surface area contributed by atoms with Gasteiger partial charge < -0.3 is 17.5 Å². The highest BCUT2D eigenvalue weighted by atomic mass is 35.5. The molecule has 0 bridgehead atoms. The van der Waals surface area contributed by atoms with Gasteiger partial charge in [-0.1, -0.05) is 0 Å². The zero-order valence-electron chi connectivity index (χ0n) is 5.43. The maximum Gasteiger partial charge on any atom is 0.167 e. The standard InChI is InChI=1S/C5H12NO.ClH/c1-5(7)4-6(2)3;/h4-5,7H,1-3H3;1H/q+1;/p-1. The lowest BCUT2D eigenvalue weighted by Gasteiger charge is -1.88. The molecule has 0 aliphatic heterocycles. The zero-order chi connectivity index (χ0) is 5.86. The van der Waals surface area contributed by atoms with Crippen molar-refractivity contribution in [1.29, 1.82) is 0 Å². The monoisotopic (exact) mass is 137 g/mol. The summed E-state index contributed by atoms with van der Waals surface area (Å²) in [6.07, 6.45) is 1.40. The van der Waals surface area contributed by atoms with Crippen LogP contribution in [0.4, 0.5) is 0 Å². The number of aliphatic hydroxyl groups is 1. The minimum atomic E-state index is -0.324. The molecular formula is C5H12ClNO. The van der Waals surface area contributed by atoms with Gasteiger partial charge in [-0.25, -0.2) is 4.58 Å². The Kier molecular flexibility index (Phi) is 6.85. The Morgan fingerprint density at radius 3 is 1.88 bits per heavy atom. The third-order valence-corrected chi connectivity index (χ3v) is 0.514. The van der Waals surface area contributed by atoms with Gasteiger partial charge in [-0.3, -0.25) is 0 Å². The summed E-state index contributed by atoms with van der Waals surface area (Å²) < 4.78 is 1.82. The minimum absolute atomic E-state index is 0. The molecule has 0 saturated heterocycles. The average Bonchev–Trinajstić information content (AvgIpc) is 1.27. The summed E-state index contributed by atoms with van der Waals surface area (Å²) in [5.41, 5.74) is 0. The molecule has 0 aliphatic carbocycles. The van der Waals surface area contributed by atoms with Crippen LogP contribution in [0.1, 0.15) is 6.92 Å². The number of hydrogen-bond acceptors (Lipinski definition) is 1. The van der Waals surface area contributed by atoms with Crippen LogP contribution in [0, 0.1) is 0 Å². The van der Waals surface area contributed by atoms with E-state index in [4.69, 9.17) is 5.11 Å². The summed E-state index contributed by atoms with van der Waals surface area (Å²) in [6, 6.07) is 0. The van der Waals surface area contributed by atoms with Gasteiger partial charge in [-0.15, -0.1) is 0 Å². The van der Waals surface area contributed by atoms with Gasteiger partial charge in [-0.05, 0) is 6.92 Å². The van der Waals surface area contributed by atoms with Crippen LogP contribution in [0.3, 0.4) is 0 Å². The number of nitrogens with zero attached hydrogens (tertiary/aromatic N) is 1. The van der Waals surface area contributed by atoms with Gasteiger partial charge in [0.2, 0.25) is 0 Å². The van der Waals surface area contributed by atoms with Crippen molar-refractivity contribution in [2.75, 3.05) is 14.1 Å². The highest BCUT2D eigenvalue weighted by molar-refractivity contribution is 5.55. The van der Waals surface area contributed by atoms with Gasteiger partial charge in [-0.2, -0.15) is 0 Å². The molecule has 0 rings (SSSR count). The summed E-state index contributed by atoms with van der Waals surface area (Å²) in [4.78, 5) is 0. The second kappa shape index (κ2) is 5.06. The number of halogens is 1. The first-order valence-corrected chi connectivity index (χ1v) is 2.32. The highest BCUT2D eigenvalue weighted by Crippen LogP contribution is 1.67. The minimum Gasteiger partial charge on any atom is -1.00 e. The largest absolute Gasteiger partial charge is 1.00 e. The van der Waals surface area contributed by atoms with Crippen molar-refractivity contribution in [2.24, 2.45) is 0 Å². The molecule has 0 spiro atoms. The van der Waals surface area contributed by atoms with E-state index in [-0.39, 0.29) is 18.5 Å². The smallest absolute Gasteiger partial charge is 0.167 e. The summed E-state index contributed by atoms with van der Waals surface area (Å²) in [5, 5.41) is 8.63. The SMILES string of the molecule is CC(O)C=[N+](C)C.[Cl-]. The van der Waals surface area contributed by atoms with E-state index in [1.165, 1.54) is 0 Å². The second-order valence-corrected chi connectivity index (χ2v) is 1.85. The topological polar surface area (TPSA) is 23.2 Å². The molecule has 8 heavy (non-hydrogen) atoms. The molecular weight excluding hydrogens is 126 g/mol. The summed E-state index contributed by atoms with van der Waals surface area (Å²) in [6.45, 7) is 1.72. The van der Waals surface area contributed by atoms with Gasteiger partial charge in [0.15, 0.2) is 6.21 Å². The molecule has 0 aliphatic rings. The van der Waals surface area contributed by atoms with Crippen LogP contribution in [-0.4, -0.2) is 36.1 Å². The average molecular weight is 138 g/mol. The van der Waals surface area contributed by atoms with Crippen molar-refractivity contribution < 1.29 is 22.1 Å². The van der Waals surface area contributed by atoms with Crippen LogP contribution in [0.5, 0.6) is 0 Å². The van der Waals surface area contributed by atoms with E-state index in [1.54, 1.807) is 13.1 Å². The van der Waals surface area contributed by atoms with Crippen molar-refractivity contribution >= 4 is 6.21 Å². The molecule has 1 N–H and O–H groups in total. The van der Waals surface area contributed by atoms with Gasteiger partial charge in [0.25, 0.3) is 0 Å². The first kappa shape index (κ1) is 10.8. The molecule has 0 fully saturated rings. The summed E-state index contributed by atoms with van der Waals surface area (Å²) in [5.74, 6) is 0. The summed E-state index contributed by atoms with van der Waals surface area (Å²) in [7, 11) is 3.76. The third-order valence-electron chi connectivity index (χ3n) is 0.514.